The zero-order valence-corrected chi connectivity index (χ0v) is 7.72. The lowest BCUT2D eigenvalue weighted by Crippen LogP contribution is -2.23. The van der Waals surface area contributed by atoms with Gasteiger partial charge in [0, 0.05) is 5.69 Å². The van der Waals surface area contributed by atoms with Crippen LogP contribution in [0.25, 0.3) is 0 Å². The fourth-order valence-corrected chi connectivity index (χ4v) is 1.29. The number of amides is 1. The Morgan fingerprint density at radius 1 is 1.33 bits per heavy atom. The number of halogens is 2. The van der Waals surface area contributed by atoms with E-state index in [-0.39, 0.29) is 6.00 Å². The molecule has 4 heteroatoms. The zero-order valence-electron chi connectivity index (χ0n) is 6.21. The van der Waals surface area contributed by atoms with Crippen molar-refractivity contribution in [2.75, 3.05) is 10.9 Å². The fraction of sp³-hybridized carbons (Fsp3) is 0.125. The van der Waals surface area contributed by atoms with E-state index in [1.54, 1.807) is 12.1 Å². The average molecular weight is 204 g/mol. The van der Waals surface area contributed by atoms with E-state index in [2.05, 4.69) is 0 Å². The Kier molecular flexibility index (Phi) is 3.38. The third-order valence-corrected chi connectivity index (χ3v) is 1.84. The lowest BCUT2D eigenvalue weighted by Gasteiger charge is -2.15. The first-order valence-corrected chi connectivity index (χ1v) is 4.25. The van der Waals surface area contributed by atoms with Crippen molar-refractivity contribution >= 4 is 34.3 Å². The average Bonchev–Trinajstić information content (AvgIpc) is 2.07. The maximum atomic E-state index is 10.8. The van der Waals surface area contributed by atoms with Crippen molar-refractivity contribution in [1.82, 2.24) is 0 Å². The number of hydrogen-bond donors (Lipinski definition) is 0. The summed E-state index contributed by atoms with van der Waals surface area (Å²) in [5.74, 6) is 0. The number of carbonyl (C=O) groups is 1. The smallest absolute Gasteiger partial charge is 0.285 e. The molecular formula is C8H7Cl2NO. The first kappa shape index (κ1) is 9.36. The van der Waals surface area contributed by atoms with Gasteiger partial charge in [0.15, 0.2) is 0 Å². The summed E-state index contributed by atoms with van der Waals surface area (Å²) in [5, 5.41) is -0.573. The van der Waals surface area contributed by atoms with Crippen molar-refractivity contribution in [2.45, 2.75) is 0 Å². The van der Waals surface area contributed by atoms with Crippen LogP contribution in [0.3, 0.4) is 0 Å². The van der Waals surface area contributed by atoms with Crippen molar-refractivity contribution < 1.29 is 4.79 Å². The predicted octanol–water partition coefficient (Wildman–Crippen LogP) is 3.05. The largest absolute Gasteiger partial charge is 0.321 e. The minimum absolute atomic E-state index is 0.0619. The van der Waals surface area contributed by atoms with E-state index < -0.39 is 5.37 Å². The molecule has 12 heavy (non-hydrogen) atoms. The zero-order chi connectivity index (χ0) is 8.97. The summed E-state index contributed by atoms with van der Waals surface area (Å²) in [4.78, 5) is 12.0. The molecule has 64 valence electrons. The number of alkyl halides is 1. The number of carbonyl (C=O) groups excluding carboxylic acids is 1. The Labute approximate surface area is 80.7 Å². The van der Waals surface area contributed by atoms with Crippen molar-refractivity contribution in [1.29, 1.82) is 0 Å². The molecule has 0 fully saturated rings. The third kappa shape index (κ3) is 2.13. The maximum absolute atomic E-state index is 10.8. The monoisotopic (exact) mass is 203 g/mol. The van der Waals surface area contributed by atoms with Gasteiger partial charge in [0.25, 0.3) is 0 Å². The second-order valence-electron chi connectivity index (χ2n) is 2.14. The van der Waals surface area contributed by atoms with Crippen LogP contribution >= 0.6 is 23.2 Å². The van der Waals surface area contributed by atoms with Gasteiger partial charge in [0.05, 0.1) is 0 Å². The number of anilines is 1. The van der Waals surface area contributed by atoms with Crippen LogP contribution < -0.4 is 4.90 Å². The molecule has 0 aliphatic heterocycles. The summed E-state index contributed by atoms with van der Waals surface area (Å²) in [6.45, 7) is 0. The van der Waals surface area contributed by atoms with Crippen LogP contribution in [0, 0.1) is 0 Å². The molecule has 1 aromatic rings. The highest BCUT2D eigenvalue weighted by atomic mass is 35.5. The molecule has 0 aromatic heterocycles. The van der Waals surface area contributed by atoms with Crippen LogP contribution in [-0.2, 0) is 0 Å². The van der Waals surface area contributed by atoms with Gasteiger partial charge in [-0.1, -0.05) is 18.2 Å². The highest BCUT2D eigenvalue weighted by Gasteiger charge is 2.10. The van der Waals surface area contributed by atoms with E-state index in [1.807, 2.05) is 18.2 Å². The van der Waals surface area contributed by atoms with Crippen LogP contribution in [-0.4, -0.2) is 11.4 Å². The Balaban J connectivity index is 2.88. The number of para-hydroxylation sites is 1. The Bertz CT molecular complexity index is 263. The first-order chi connectivity index (χ1) is 5.75. The van der Waals surface area contributed by atoms with Gasteiger partial charge in [0.2, 0.25) is 0 Å². The summed E-state index contributed by atoms with van der Waals surface area (Å²) in [6, 6.07) is 9.08. The standard InChI is InChI=1S/C8H7Cl2NO/c9-6-11(8(10)12)7-4-2-1-3-5-7/h1-5H,6H2. The highest BCUT2D eigenvalue weighted by molar-refractivity contribution is 6.66. The first-order valence-electron chi connectivity index (χ1n) is 3.33. The highest BCUT2D eigenvalue weighted by Crippen LogP contribution is 2.15. The topological polar surface area (TPSA) is 20.3 Å². The van der Waals surface area contributed by atoms with Gasteiger partial charge >= 0.3 is 5.37 Å². The van der Waals surface area contributed by atoms with E-state index >= 15 is 0 Å². The molecule has 1 aromatic carbocycles. The van der Waals surface area contributed by atoms with Gasteiger partial charge in [-0.25, -0.2) is 0 Å². The number of benzene rings is 1. The second-order valence-corrected chi connectivity index (χ2v) is 2.70. The van der Waals surface area contributed by atoms with Crippen LogP contribution in [0.2, 0.25) is 0 Å². The minimum atomic E-state index is -0.573. The molecule has 0 bridgehead atoms. The summed E-state index contributed by atoms with van der Waals surface area (Å²) in [7, 11) is 0. The molecule has 0 saturated carbocycles. The van der Waals surface area contributed by atoms with Crippen molar-refractivity contribution in [3.05, 3.63) is 30.3 Å². The summed E-state index contributed by atoms with van der Waals surface area (Å²) >= 11 is 10.8. The molecule has 1 rings (SSSR count). The SMILES string of the molecule is O=C(Cl)N(CCl)c1ccccc1. The van der Waals surface area contributed by atoms with Crippen LogP contribution in [0.5, 0.6) is 0 Å². The molecule has 0 aliphatic rings. The Morgan fingerprint density at radius 2 is 1.92 bits per heavy atom. The van der Waals surface area contributed by atoms with Crippen LogP contribution in [0.15, 0.2) is 30.3 Å². The quantitative estimate of drug-likeness (QED) is 0.411. The Hall–Kier alpha value is -0.730. The third-order valence-electron chi connectivity index (χ3n) is 1.40. The van der Waals surface area contributed by atoms with Gasteiger partial charge in [-0.05, 0) is 23.7 Å². The summed E-state index contributed by atoms with van der Waals surface area (Å²) in [6.07, 6.45) is 0. The lowest BCUT2D eigenvalue weighted by atomic mass is 10.3. The van der Waals surface area contributed by atoms with Gasteiger partial charge in [-0.2, -0.15) is 0 Å². The maximum Gasteiger partial charge on any atom is 0.321 e. The fourth-order valence-electron chi connectivity index (χ4n) is 0.825. The molecule has 0 unspecified atom stereocenters. The van der Waals surface area contributed by atoms with E-state index in [1.165, 1.54) is 4.90 Å². The molecule has 0 aliphatic carbocycles. The lowest BCUT2D eigenvalue weighted by molar-refractivity contribution is 0.265. The predicted molar refractivity (Wildman–Crippen MR) is 50.9 cm³/mol. The number of nitrogens with zero attached hydrogens (tertiary/aromatic N) is 1. The second kappa shape index (κ2) is 4.33. The molecule has 0 saturated heterocycles. The van der Waals surface area contributed by atoms with E-state index in [0.717, 1.165) is 0 Å². The van der Waals surface area contributed by atoms with E-state index in [4.69, 9.17) is 23.2 Å². The van der Waals surface area contributed by atoms with Crippen molar-refractivity contribution in [2.24, 2.45) is 0 Å². The van der Waals surface area contributed by atoms with Crippen molar-refractivity contribution in [3.63, 3.8) is 0 Å². The summed E-state index contributed by atoms with van der Waals surface area (Å²) in [5.41, 5.74) is 0.701. The molecule has 0 atom stereocenters. The van der Waals surface area contributed by atoms with Gasteiger partial charge in [-0.15, -0.1) is 11.6 Å². The van der Waals surface area contributed by atoms with Gasteiger partial charge in [-0.3, -0.25) is 9.69 Å². The van der Waals surface area contributed by atoms with Crippen LogP contribution in [0.1, 0.15) is 0 Å². The number of hydrogen-bond acceptors (Lipinski definition) is 1. The number of rotatable bonds is 2. The van der Waals surface area contributed by atoms with Crippen molar-refractivity contribution in [3.8, 4) is 0 Å². The normalized spacial score (nSPS) is 9.50. The molecule has 0 heterocycles. The molecule has 0 spiro atoms. The van der Waals surface area contributed by atoms with Gasteiger partial charge < -0.3 is 0 Å². The molecular weight excluding hydrogens is 197 g/mol. The molecule has 0 N–H and O–H groups in total. The van der Waals surface area contributed by atoms with E-state index in [0.29, 0.717) is 5.69 Å². The molecule has 2 nitrogen and oxygen atoms in total. The molecule has 1 amide bonds. The summed E-state index contributed by atoms with van der Waals surface area (Å²) < 4.78 is 0. The van der Waals surface area contributed by atoms with E-state index in [9.17, 15) is 4.79 Å². The minimum Gasteiger partial charge on any atom is -0.285 e. The van der Waals surface area contributed by atoms with Crippen LogP contribution in [0.4, 0.5) is 10.5 Å². The Morgan fingerprint density at radius 3 is 2.33 bits per heavy atom. The molecule has 0 radical (unpaired) electrons. The van der Waals surface area contributed by atoms with Gasteiger partial charge in [0.1, 0.15) is 6.00 Å².